The number of nitrogens with one attached hydrogen (secondary N) is 1. The summed E-state index contributed by atoms with van der Waals surface area (Å²) in [6.45, 7) is 3.94. The van der Waals surface area contributed by atoms with Crippen molar-refractivity contribution in [1.29, 1.82) is 0 Å². The molecule has 0 radical (unpaired) electrons. The highest BCUT2D eigenvalue weighted by molar-refractivity contribution is 7.99. The van der Waals surface area contributed by atoms with Gasteiger partial charge in [-0.3, -0.25) is 14.9 Å². The van der Waals surface area contributed by atoms with Crippen LogP contribution in [0.5, 0.6) is 0 Å². The van der Waals surface area contributed by atoms with Crippen molar-refractivity contribution in [2.24, 2.45) is 0 Å². The predicted molar refractivity (Wildman–Crippen MR) is 153 cm³/mol. The van der Waals surface area contributed by atoms with Crippen molar-refractivity contribution in [2.45, 2.75) is 57.8 Å². The van der Waals surface area contributed by atoms with Crippen LogP contribution in [0.15, 0.2) is 54.6 Å². The SMILES string of the molecule is CCOC(=O)C(CCc1ccccc1)NC(C)C(=O)N1Cc2ccccc2CC1C(=O)OCCSCCO[N+](=O)[O-]. The van der Waals surface area contributed by atoms with Crippen molar-refractivity contribution < 1.29 is 33.8 Å². The van der Waals surface area contributed by atoms with E-state index in [1.807, 2.05) is 54.6 Å². The lowest BCUT2D eigenvalue weighted by Crippen LogP contribution is -2.56. The van der Waals surface area contributed by atoms with E-state index in [4.69, 9.17) is 9.47 Å². The molecule has 1 N–H and O–H groups in total. The number of esters is 2. The zero-order valence-corrected chi connectivity index (χ0v) is 24.2. The standard InChI is InChI=1S/C29H37N3O8S/c1-3-38-28(34)25(14-13-22-9-5-4-6-10-22)30-21(2)27(33)31-20-24-12-8-7-11-23(24)19-26(31)29(35)39-15-17-41-18-16-40-32(36)37/h4-12,21,25-26,30H,3,13-20H2,1-2H3. The number of benzene rings is 2. The van der Waals surface area contributed by atoms with Gasteiger partial charge >= 0.3 is 11.9 Å². The molecule has 1 amide bonds. The van der Waals surface area contributed by atoms with Crippen LogP contribution in [0.2, 0.25) is 0 Å². The van der Waals surface area contributed by atoms with E-state index in [0.29, 0.717) is 30.8 Å². The number of carbonyl (C=O) groups excluding carboxylic acids is 3. The summed E-state index contributed by atoms with van der Waals surface area (Å²) in [6.07, 6.45) is 1.38. The molecule has 0 spiro atoms. The molecule has 1 aliphatic heterocycles. The van der Waals surface area contributed by atoms with E-state index in [1.54, 1.807) is 13.8 Å². The summed E-state index contributed by atoms with van der Waals surface area (Å²) >= 11 is 1.36. The highest BCUT2D eigenvalue weighted by Gasteiger charge is 2.38. The molecule has 41 heavy (non-hydrogen) atoms. The van der Waals surface area contributed by atoms with Crippen LogP contribution < -0.4 is 5.32 Å². The summed E-state index contributed by atoms with van der Waals surface area (Å²) < 4.78 is 10.8. The van der Waals surface area contributed by atoms with Gasteiger partial charge in [0.15, 0.2) is 0 Å². The first-order chi connectivity index (χ1) is 19.8. The number of fused-ring (bicyclic) bond motifs is 1. The van der Waals surface area contributed by atoms with Gasteiger partial charge < -0.3 is 19.2 Å². The molecule has 12 heteroatoms. The molecular formula is C29H37N3O8S. The Bertz CT molecular complexity index is 1170. The number of hydrogen-bond donors (Lipinski definition) is 1. The average molecular weight is 588 g/mol. The van der Waals surface area contributed by atoms with E-state index in [-0.39, 0.29) is 32.3 Å². The van der Waals surface area contributed by atoms with Gasteiger partial charge in [-0.15, -0.1) is 10.1 Å². The zero-order valence-electron chi connectivity index (χ0n) is 23.4. The largest absolute Gasteiger partial charge is 0.465 e. The molecule has 0 aliphatic carbocycles. The number of nitrogens with zero attached hydrogens (tertiary/aromatic N) is 2. The van der Waals surface area contributed by atoms with E-state index in [1.165, 1.54) is 16.7 Å². The van der Waals surface area contributed by atoms with Gasteiger partial charge in [0.1, 0.15) is 25.3 Å². The topological polar surface area (TPSA) is 137 Å². The van der Waals surface area contributed by atoms with E-state index in [2.05, 4.69) is 10.2 Å². The second kappa shape index (κ2) is 16.6. The second-order valence-electron chi connectivity index (χ2n) is 9.51. The molecule has 0 saturated carbocycles. The first-order valence-corrected chi connectivity index (χ1v) is 14.8. The minimum Gasteiger partial charge on any atom is -0.465 e. The molecule has 2 aromatic rings. The average Bonchev–Trinajstić information content (AvgIpc) is 2.97. The third kappa shape index (κ3) is 10.0. The van der Waals surface area contributed by atoms with Crippen LogP contribution in [-0.2, 0) is 48.1 Å². The van der Waals surface area contributed by atoms with Crippen molar-refractivity contribution in [3.05, 3.63) is 81.4 Å². The van der Waals surface area contributed by atoms with E-state index >= 15 is 0 Å². The Balaban J connectivity index is 1.65. The smallest absolute Gasteiger partial charge is 0.329 e. The summed E-state index contributed by atoms with van der Waals surface area (Å²) in [5.74, 6) is -0.446. The number of hydrogen-bond acceptors (Lipinski definition) is 10. The fraction of sp³-hybridized carbons (Fsp3) is 0.483. The monoisotopic (exact) mass is 587 g/mol. The van der Waals surface area contributed by atoms with Crippen LogP contribution in [-0.4, -0.2) is 77.3 Å². The van der Waals surface area contributed by atoms with E-state index < -0.39 is 35.2 Å². The molecule has 0 fully saturated rings. The quantitative estimate of drug-likeness (QED) is 0.135. The van der Waals surface area contributed by atoms with Gasteiger partial charge in [-0.1, -0.05) is 54.6 Å². The molecule has 3 rings (SSSR count). The maximum atomic E-state index is 13.7. The first kappa shape index (κ1) is 31.9. The molecule has 11 nitrogen and oxygen atoms in total. The molecule has 2 aromatic carbocycles. The van der Waals surface area contributed by atoms with Crippen molar-refractivity contribution in [3.63, 3.8) is 0 Å². The Labute approximate surface area is 244 Å². The number of thioether (sulfide) groups is 1. The maximum Gasteiger partial charge on any atom is 0.329 e. The van der Waals surface area contributed by atoms with Gasteiger partial charge in [-0.05, 0) is 43.4 Å². The van der Waals surface area contributed by atoms with Crippen LogP contribution in [0.3, 0.4) is 0 Å². The Morgan fingerprint density at radius 3 is 2.44 bits per heavy atom. The Hall–Kier alpha value is -3.64. The first-order valence-electron chi connectivity index (χ1n) is 13.7. The summed E-state index contributed by atoms with van der Waals surface area (Å²) in [7, 11) is 0. The van der Waals surface area contributed by atoms with Crippen LogP contribution in [0.4, 0.5) is 0 Å². The van der Waals surface area contributed by atoms with Crippen molar-refractivity contribution in [1.82, 2.24) is 10.2 Å². The molecule has 0 bridgehead atoms. The molecule has 3 atom stereocenters. The fourth-order valence-electron chi connectivity index (χ4n) is 4.62. The molecule has 1 aliphatic rings. The Morgan fingerprint density at radius 2 is 1.73 bits per heavy atom. The van der Waals surface area contributed by atoms with Crippen molar-refractivity contribution in [2.75, 3.05) is 31.3 Å². The van der Waals surface area contributed by atoms with Gasteiger partial charge in [0, 0.05) is 24.5 Å². The molecule has 0 aromatic heterocycles. The molecule has 222 valence electrons. The lowest BCUT2D eigenvalue weighted by Gasteiger charge is -2.37. The van der Waals surface area contributed by atoms with Crippen LogP contribution >= 0.6 is 11.8 Å². The van der Waals surface area contributed by atoms with E-state index in [0.717, 1.165) is 16.7 Å². The molecule has 0 saturated heterocycles. The molecule has 3 unspecified atom stereocenters. The summed E-state index contributed by atoms with van der Waals surface area (Å²) in [6, 6.07) is 15.1. The minimum absolute atomic E-state index is 0.0453. The molecule has 1 heterocycles. The predicted octanol–water partition coefficient (Wildman–Crippen LogP) is 2.97. The van der Waals surface area contributed by atoms with Crippen LogP contribution in [0.25, 0.3) is 0 Å². The Morgan fingerprint density at radius 1 is 1.05 bits per heavy atom. The third-order valence-electron chi connectivity index (χ3n) is 6.66. The van der Waals surface area contributed by atoms with Crippen LogP contribution in [0.1, 0.15) is 37.0 Å². The summed E-state index contributed by atoms with van der Waals surface area (Å²) in [5.41, 5.74) is 2.99. The zero-order chi connectivity index (χ0) is 29.6. The maximum absolute atomic E-state index is 13.7. The minimum atomic E-state index is -0.846. The van der Waals surface area contributed by atoms with Gasteiger partial charge in [-0.25, -0.2) is 4.79 Å². The summed E-state index contributed by atoms with van der Waals surface area (Å²) in [5, 5.41) is 12.5. The van der Waals surface area contributed by atoms with Gasteiger partial charge in [0.2, 0.25) is 5.91 Å². The van der Waals surface area contributed by atoms with Gasteiger partial charge in [0.25, 0.3) is 5.09 Å². The second-order valence-corrected chi connectivity index (χ2v) is 10.7. The number of aryl methyl sites for hydroxylation is 1. The fourth-order valence-corrected chi connectivity index (χ4v) is 5.22. The number of rotatable bonds is 16. The summed E-state index contributed by atoms with van der Waals surface area (Å²) in [4.78, 5) is 55.7. The highest BCUT2D eigenvalue weighted by atomic mass is 32.2. The van der Waals surface area contributed by atoms with Crippen molar-refractivity contribution >= 4 is 29.6 Å². The number of amides is 1. The van der Waals surface area contributed by atoms with Crippen LogP contribution in [0, 0.1) is 10.1 Å². The van der Waals surface area contributed by atoms with E-state index in [9.17, 15) is 24.5 Å². The molecular weight excluding hydrogens is 550 g/mol. The van der Waals surface area contributed by atoms with Gasteiger partial charge in [0.05, 0.1) is 12.6 Å². The lowest BCUT2D eigenvalue weighted by molar-refractivity contribution is -0.756. The lowest BCUT2D eigenvalue weighted by atomic mass is 9.93. The highest BCUT2D eigenvalue weighted by Crippen LogP contribution is 2.25. The Kier molecular flexibility index (Phi) is 12.9. The number of ether oxygens (including phenoxy) is 2. The van der Waals surface area contributed by atoms with Crippen molar-refractivity contribution in [3.8, 4) is 0 Å². The van der Waals surface area contributed by atoms with Gasteiger partial charge in [-0.2, -0.15) is 11.8 Å². The third-order valence-corrected chi connectivity index (χ3v) is 7.57. The number of carbonyl (C=O) groups is 3. The normalized spacial score (nSPS) is 15.8.